The summed E-state index contributed by atoms with van der Waals surface area (Å²) in [6.45, 7) is 8.59. The lowest BCUT2D eigenvalue weighted by Crippen LogP contribution is -2.13. The molecule has 0 aliphatic rings. The van der Waals surface area contributed by atoms with Crippen molar-refractivity contribution in [3.05, 3.63) is 0 Å². The first-order valence-corrected chi connectivity index (χ1v) is 2.99. The standard InChI is InChI=1S/C6H14N2/c1-4-6(2)5-8-7-3/h6,8H,3-5H2,1-2H3. The lowest BCUT2D eigenvalue weighted by Gasteiger charge is -2.04. The number of hydrogen-bond donors (Lipinski definition) is 1. The van der Waals surface area contributed by atoms with Gasteiger partial charge in [0.15, 0.2) is 0 Å². The summed E-state index contributed by atoms with van der Waals surface area (Å²) in [5.41, 5.74) is 2.81. The summed E-state index contributed by atoms with van der Waals surface area (Å²) in [5.74, 6) is 0.709. The first kappa shape index (κ1) is 7.47. The fourth-order valence-electron chi connectivity index (χ4n) is 0.365. The van der Waals surface area contributed by atoms with Crippen molar-refractivity contribution in [2.75, 3.05) is 6.54 Å². The Bertz CT molecular complexity index is 61.5. The molecule has 0 saturated carbocycles. The summed E-state index contributed by atoms with van der Waals surface area (Å²) >= 11 is 0. The molecule has 0 aromatic carbocycles. The van der Waals surface area contributed by atoms with E-state index in [1.165, 1.54) is 6.42 Å². The predicted octanol–water partition coefficient (Wildman–Crippen LogP) is 1.24. The van der Waals surface area contributed by atoms with E-state index in [0.29, 0.717) is 5.92 Å². The summed E-state index contributed by atoms with van der Waals surface area (Å²) < 4.78 is 0. The Balaban J connectivity index is 2.97. The lowest BCUT2D eigenvalue weighted by molar-refractivity contribution is 0.513. The molecule has 0 fully saturated rings. The Morgan fingerprint density at radius 1 is 1.75 bits per heavy atom. The Kier molecular flexibility index (Phi) is 4.32. The molecule has 0 spiro atoms. The minimum Gasteiger partial charge on any atom is -0.310 e. The van der Waals surface area contributed by atoms with Crippen LogP contribution in [0.4, 0.5) is 0 Å². The summed E-state index contributed by atoms with van der Waals surface area (Å²) in [7, 11) is 0. The minimum atomic E-state index is 0.709. The van der Waals surface area contributed by atoms with Crippen molar-refractivity contribution in [3.8, 4) is 0 Å². The van der Waals surface area contributed by atoms with E-state index < -0.39 is 0 Å². The van der Waals surface area contributed by atoms with Crippen molar-refractivity contribution in [3.63, 3.8) is 0 Å². The van der Waals surface area contributed by atoms with E-state index in [-0.39, 0.29) is 0 Å². The summed E-state index contributed by atoms with van der Waals surface area (Å²) in [6, 6.07) is 0. The van der Waals surface area contributed by atoms with Crippen LogP contribution in [0.1, 0.15) is 20.3 Å². The van der Waals surface area contributed by atoms with E-state index >= 15 is 0 Å². The van der Waals surface area contributed by atoms with Crippen molar-refractivity contribution in [2.45, 2.75) is 20.3 Å². The normalized spacial score (nSPS) is 12.8. The third-order valence-corrected chi connectivity index (χ3v) is 1.25. The average molecular weight is 114 g/mol. The Morgan fingerprint density at radius 3 is 2.75 bits per heavy atom. The molecule has 0 heterocycles. The monoisotopic (exact) mass is 114 g/mol. The third-order valence-electron chi connectivity index (χ3n) is 1.25. The molecule has 0 bridgehead atoms. The fraction of sp³-hybridized carbons (Fsp3) is 0.833. The quantitative estimate of drug-likeness (QED) is 0.431. The van der Waals surface area contributed by atoms with E-state index in [1.807, 2.05) is 0 Å². The molecule has 1 unspecified atom stereocenters. The van der Waals surface area contributed by atoms with Crippen molar-refractivity contribution >= 4 is 6.72 Å². The van der Waals surface area contributed by atoms with Gasteiger partial charge in [-0.1, -0.05) is 20.3 Å². The van der Waals surface area contributed by atoms with Gasteiger partial charge in [0.05, 0.1) is 0 Å². The maximum Gasteiger partial charge on any atom is 0.0354 e. The van der Waals surface area contributed by atoms with E-state index in [2.05, 4.69) is 31.1 Å². The van der Waals surface area contributed by atoms with Gasteiger partial charge in [-0.15, -0.1) is 0 Å². The molecule has 0 amide bonds. The SMILES string of the molecule is C=NNCC(C)CC. The van der Waals surface area contributed by atoms with Gasteiger partial charge >= 0.3 is 0 Å². The Labute approximate surface area is 51.0 Å². The number of nitrogens with one attached hydrogen (secondary N) is 1. The Hall–Kier alpha value is -0.530. The zero-order valence-electron chi connectivity index (χ0n) is 5.65. The van der Waals surface area contributed by atoms with Crippen molar-refractivity contribution in [1.29, 1.82) is 0 Å². The maximum atomic E-state index is 3.52. The second-order valence-corrected chi connectivity index (χ2v) is 2.03. The van der Waals surface area contributed by atoms with Gasteiger partial charge in [0.25, 0.3) is 0 Å². The van der Waals surface area contributed by atoms with Gasteiger partial charge in [-0.2, -0.15) is 5.10 Å². The Morgan fingerprint density at radius 2 is 2.38 bits per heavy atom. The van der Waals surface area contributed by atoms with Gasteiger partial charge in [-0.25, -0.2) is 0 Å². The predicted molar refractivity (Wildman–Crippen MR) is 37.0 cm³/mol. The van der Waals surface area contributed by atoms with Crippen LogP contribution >= 0.6 is 0 Å². The van der Waals surface area contributed by atoms with E-state index in [0.717, 1.165) is 6.54 Å². The summed E-state index contributed by atoms with van der Waals surface area (Å²) in [5, 5.41) is 3.52. The van der Waals surface area contributed by atoms with E-state index in [9.17, 15) is 0 Å². The van der Waals surface area contributed by atoms with Crippen molar-refractivity contribution in [1.82, 2.24) is 5.43 Å². The molecule has 0 radical (unpaired) electrons. The van der Waals surface area contributed by atoms with Gasteiger partial charge in [-0.05, 0) is 5.92 Å². The topological polar surface area (TPSA) is 24.4 Å². The molecule has 8 heavy (non-hydrogen) atoms. The molecular weight excluding hydrogens is 100 g/mol. The first-order chi connectivity index (χ1) is 3.81. The number of hydrazone groups is 1. The third kappa shape index (κ3) is 3.65. The molecule has 0 rings (SSSR count). The van der Waals surface area contributed by atoms with Crippen molar-refractivity contribution < 1.29 is 0 Å². The highest BCUT2D eigenvalue weighted by molar-refractivity contribution is 5.22. The molecule has 0 aliphatic carbocycles. The van der Waals surface area contributed by atoms with Crippen LogP contribution in [0.2, 0.25) is 0 Å². The second-order valence-electron chi connectivity index (χ2n) is 2.03. The number of rotatable bonds is 4. The maximum absolute atomic E-state index is 3.52. The lowest BCUT2D eigenvalue weighted by atomic mass is 10.1. The zero-order valence-corrected chi connectivity index (χ0v) is 5.65. The van der Waals surface area contributed by atoms with Gasteiger partial charge in [0.1, 0.15) is 0 Å². The van der Waals surface area contributed by atoms with Crippen LogP contribution < -0.4 is 5.43 Å². The number of nitrogens with zero attached hydrogens (tertiary/aromatic N) is 1. The molecule has 1 atom stereocenters. The highest BCUT2D eigenvalue weighted by Crippen LogP contribution is 1.96. The molecule has 2 heteroatoms. The molecule has 0 aliphatic heterocycles. The van der Waals surface area contributed by atoms with Crippen molar-refractivity contribution in [2.24, 2.45) is 11.0 Å². The van der Waals surface area contributed by atoms with Gasteiger partial charge in [0.2, 0.25) is 0 Å². The zero-order chi connectivity index (χ0) is 6.41. The second kappa shape index (κ2) is 4.62. The van der Waals surface area contributed by atoms with Crippen LogP contribution in [0, 0.1) is 5.92 Å². The van der Waals surface area contributed by atoms with Gasteiger partial charge in [-0.3, -0.25) is 0 Å². The van der Waals surface area contributed by atoms with Crippen LogP contribution in [0.5, 0.6) is 0 Å². The largest absolute Gasteiger partial charge is 0.310 e. The van der Waals surface area contributed by atoms with Gasteiger partial charge < -0.3 is 5.43 Å². The van der Waals surface area contributed by atoms with Crippen LogP contribution in [0.15, 0.2) is 5.10 Å². The molecule has 48 valence electrons. The first-order valence-electron chi connectivity index (χ1n) is 2.99. The van der Waals surface area contributed by atoms with Crippen LogP contribution in [-0.2, 0) is 0 Å². The smallest absolute Gasteiger partial charge is 0.0354 e. The molecular formula is C6H14N2. The summed E-state index contributed by atoms with van der Waals surface area (Å²) in [4.78, 5) is 0. The molecule has 2 nitrogen and oxygen atoms in total. The van der Waals surface area contributed by atoms with Gasteiger partial charge in [0, 0.05) is 13.3 Å². The van der Waals surface area contributed by atoms with E-state index in [1.54, 1.807) is 0 Å². The van der Waals surface area contributed by atoms with E-state index in [4.69, 9.17) is 0 Å². The minimum absolute atomic E-state index is 0.709. The average Bonchev–Trinajstić information content (AvgIpc) is 1.83. The molecule has 0 aromatic rings. The molecule has 1 N–H and O–H groups in total. The van der Waals surface area contributed by atoms with Crippen LogP contribution in [0.3, 0.4) is 0 Å². The highest BCUT2D eigenvalue weighted by Gasteiger charge is 1.93. The molecule has 0 aromatic heterocycles. The fourth-order valence-corrected chi connectivity index (χ4v) is 0.365. The number of hydrogen-bond acceptors (Lipinski definition) is 2. The molecule has 0 saturated heterocycles. The van der Waals surface area contributed by atoms with Crippen LogP contribution in [-0.4, -0.2) is 13.3 Å². The summed E-state index contributed by atoms with van der Waals surface area (Å²) in [6.07, 6.45) is 1.20. The van der Waals surface area contributed by atoms with Crippen LogP contribution in [0.25, 0.3) is 0 Å². The highest BCUT2D eigenvalue weighted by atomic mass is 15.3.